The fourth-order valence-electron chi connectivity index (χ4n) is 4.00. The fourth-order valence-corrected chi connectivity index (χ4v) is 4.27. The molecule has 1 saturated heterocycles. The molecule has 5 rings (SSSR count). The highest BCUT2D eigenvalue weighted by molar-refractivity contribution is 6.33. The zero-order valence-electron chi connectivity index (χ0n) is 16.0. The highest BCUT2D eigenvalue weighted by Gasteiger charge is 2.25. The molecule has 1 aliphatic heterocycles. The molecule has 3 aromatic heterocycles. The summed E-state index contributed by atoms with van der Waals surface area (Å²) in [5.74, 6) is 1.53. The molecule has 1 atom stereocenters. The van der Waals surface area contributed by atoms with Crippen LogP contribution >= 0.6 is 11.6 Å². The van der Waals surface area contributed by atoms with Crippen LogP contribution in [0.4, 0.5) is 17.3 Å². The molecule has 0 saturated carbocycles. The Kier molecular flexibility index (Phi) is 4.49. The van der Waals surface area contributed by atoms with Gasteiger partial charge in [0.15, 0.2) is 11.5 Å². The number of aryl methyl sites for hydroxylation is 1. The molecule has 0 radical (unpaired) electrons. The van der Waals surface area contributed by atoms with Crippen molar-refractivity contribution in [3.63, 3.8) is 0 Å². The van der Waals surface area contributed by atoms with E-state index in [0.717, 1.165) is 53.1 Å². The van der Waals surface area contributed by atoms with Crippen LogP contribution in [0.25, 0.3) is 16.7 Å². The van der Waals surface area contributed by atoms with Crippen LogP contribution in [0.3, 0.4) is 0 Å². The second-order valence-electron chi connectivity index (χ2n) is 7.35. The van der Waals surface area contributed by atoms with Crippen molar-refractivity contribution in [1.82, 2.24) is 19.4 Å². The van der Waals surface area contributed by atoms with Gasteiger partial charge in [-0.05, 0) is 43.5 Å². The third kappa shape index (κ3) is 3.07. The zero-order chi connectivity index (χ0) is 20.0. The average Bonchev–Trinajstić information content (AvgIpc) is 3.40. The van der Waals surface area contributed by atoms with Gasteiger partial charge < -0.3 is 15.3 Å². The molecule has 1 aliphatic rings. The minimum atomic E-state index is 0.121. The van der Waals surface area contributed by atoms with Gasteiger partial charge in [-0.25, -0.2) is 15.0 Å². The van der Waals surface area contributed by atoms with Crippen molar-refractivity contribution in [3.05, 3.63) is 53.4 Å². The van der Waals surface area contributed by atoms with Gasteiger partial charge in [-0.1, -0.05) is 23.7 Å². The van der Waals surface area contributed by atoms with E-state index in [0.29, 0.717) is 10.8 Å². The number of anilines is 3. The minimum Gasteiger partial charge on any atom is -0.394 e. The molecule has 2 N–H and O–H groups in total. The number of rotatable bonds is 4. The molecule has 0 unspecified atom stereocenters. The Balaban J connectivity index is 1.62. The van der Waals surface area contributed by atoms with E-state index in [4.69, 9.17) is 21.6 Å². The summed E-state index contributed by atoms with van der Waals surface area (Å²) in [6.45, 7) is 3.04. The molecule has 29 heavy (non-hydrogen) atoms. The number of benzene rings is 1. The third-order valence-electron chi connectivity index (χ3n) is 5.53. The number of fused-ring (bicyclic) bond motifs is 3. The monoisotopic (exact) mass is 408 g/mol. The first-order valence-corrected chi connectivity index (χ1v) is 10.1. The number of halogens is 1. The lowest BCUT2D eigenvalue weighted by molar-refractivity contribution is 0.266. The first-order chi connectivity index (χ1) is 14.2. The van der Waals surface area contributed by atoms with Crippen LogP contribution in [-0.4, -0.2) is 43.7 Å². The molecule has 1 fully saturated rings. The van der Waals surface area contributed by atoms with Crippen LogP contribution in [0.1, 0.15) is 18.4 Å². The number of hydrogen-bond donors (Lipinski definition) is 2. The van der Waals surface area contributed by atoms with E-state index in [-0.39, 0.29) is 12.6 Å². The Morgan fingerprint density at radius 3 is 2.97 bits per heavy atom. The van der Waals surface area contributed by atoms with Gasteiger partial charge in [0.2, 0.25) is 0 Å². The van der Waals surface area contributed by atoms with Crippen molar-refractivity contribution in [1.29, 1.82) is 0 Å². The normalized spacial score (nSPS) is 16.8. The number of nitrogens with zero attached hydrogens (tertiary/aromatic N) is 5. The third-order valence-corrected chi connectivity index (χ3v) is 5.84. The van der Waals surface area contributed by atoms with E-state index < -0.39 is 0 Å². The summed E-state index contributed by atoms with van der Waals surface area (Å²) in [5, 5.41) is 13.7. The predicted octanol–water partition coefficient (Wildman–Crippen LogP) is 3.94. The average molecular weight is 409 g/mol. The summed E-state index contributed by atoms with van der Waals surface area (Å²) in [5.41, 5.74) is 4.18. The van der Waals surface area contributed by atoms with Gasteiger partial charge in [0.05, 0.1) is 29.6 Å². The second-order valence-corrected chi connectivity index (χ2v) is 7.76. The SMILES string of the molecule is Cc1cccc(Cl)c1Nc1nc2ccc(N3CCC[C@H]3CO)nc2n2cncc12. The van der Waals surface area contributed by atoms with Crippen molar-refractivity contribution < 1.29 is 5.11 Å². The number of nitrogens with one attached hydrogen (secondary N) is 1. The standard InChI is InChI=1S/C21H21ClN6O/c1-13-4-2-6-15(22)19(13)26-20-17-10-23-12-28(17)21-16(24-20)7-8-18(25-21)27-9-3-5-14(27)11-29/h2,4,6-8,10,12,14,29H,3,5,9,11H2,1H3,(H,24,26)/t14-/m0/s1. The van der Waals surface area contributed by atoms with E-state index >= 15 is 0 Å². The molecule has 7 nitrogen and oxygen atoms in total. The molecule has 0 bridgehead atoms. The molecular weight excluding hydrogens is 388 g/mol. The van der Waals surface area contributed by atoms with E-state index in [2.05, 4.69) is 15.2 Å². The van der Waals surface area contributed by atoms with Crippen molar-refractivity contribution >= 4 is 45.6 Å². The van der Waals surface area contributed by atoms with Crippen LogP contribution in [0, 0.1) is 6.92 Å². The van der Waals surface area contributed by atoms with Crippen molar-refractivity contribution in [2.75, 3.05) is 23.4 Å². The Morgan fingerprint density at radius 2 is 2.14 bits per heavy atom. The second kappa shape index (κ2) is 7.17. The smallest absolute Gasteiger partial charge is 0.166 e. The summed E-state index contributed by atoms with van der Waals surface area (Å²) in [4.78, 5) is 16.1. The van der Waals surface area contributed by atoms with Crippen LogP contribution in [0.15, 0.2) is 42.9 Å². The number of para-hydroxylation sites is 1. The number of aromatic nitrogens is 4. The molecule has 4 heterocycles. The maximum absolute atomic E-state index is 9.66. The topological polar surface area (TPSA) is 78.6 Å². The highest BCUT2D eigenvalue weighted by Crippen LogP contribution is 2.32. The first-order valence-electron chi connectivity index (χ1n) is 9.68. The first kappa shape index (κ1) is 18.1. The van der Waals surface area contributed by atoms with Crippen LogP contribution in [0.5, 0.6) is 0 Å². The summed E-state index contributed by atoms with van der Waals surface area (Å²) < 4.78 is 1.93. The molecule has 0 spiro atoms. The Bertz CT molecular complexity index is 1190. The summed E-state index contributed by atoms with van der Waals surface area (Å²) in [7, 11) is 0. The van der Waals surface area contributed by atoms with E-state index in [1.807, 2.05) is 41.7 Å². The quantitative estimate of drug-likeness (QED) is 0.532. The fraction of sp³-hybridized carbons (Fsp3) is 0.286. The molecular formula is C21H21ClN6O. The predicted molar refractivity (Wildman–Crippen MR) is 115 cm³/mol. The number of aliphatic hydroxyl groups excluding tert-OH is 1. The molecule has 0 aliphatic carbocycles. The van der Waals surface area contributed by atoms with Gasteiger partial charge in [0.1, 0.15) is 23.2 Å². The highest BCUT2D eigenvalue weighted by atomic mass is 35.5. The molecule has 1 aromatic carbocycles. The lowest BCUT2D eigenvalue weighted by atomic mass is 10.2. The van der Waals surface area contributed by atoms with Crippen LogP contribution in [0.2, 0.25) is 5.02 Å². The Morgan fingerprint density at radius 1 is 1.24 bits per heavy atom. The van der Waals surface area contributed by atoms with Gasteiger partial charge >= 0.3 is 0 Å². The molecule has 8 heteroatoms. The van der Waals surface area contributed by atoms with Crippen molar-refractivity contribution in [3.8, 4) is 0 Å². The van der Waals surface area contributed by atoms with E-state index in [1.165, 1.54) is 0 Å². The van der Waals surface area contributed by atoms with E-state index in [1.54, 1.807) is 12.5 Å². The summed E-state index contributed by atoms with van der Waals surface area (Å²) in [6, 6.07) is 9.84. The van der Waals surface area contributed by atoms with E-state index in [9.17, 15) is 5.11 Å². The molecule has 4 aromatic rings. The molecule has 0 amide bonds. The number of pyridine rings is 1. The van der Waals surface area contributed by atoms with Gasteiger partial charge in [-0.2, -0.15) is 0 Å². The van der Waals surface area contributed by atoms with Crippen LogP contribution < -0.4 is 10.2 Å². The maximum atomic E-state index is 9.66. The number of hydrogen-bond acceptors (Lipinski definition) is 6. The van der Waals surface area contributed by atoms with Crippen molar-refractivity contribution in [2.45, 2.75) is 25.8 Å². The summed E-state index contributed by atoms with van der Waals surface area (Å²) in [6.07, 6.45) is 5.55. The lowest BCUT2D eigenvalue weighted by Crippen LogP contribution is -2.32. The largest absolute Gasteiger partial charge is 0.394 e. The summed E-state index contributed by atoms with van der Waals surface area (Å²) >= 11 is 6.39. The van der Waals surface area contributed by atoms with Gasteiger partial charge in [0.25, 0.3) is 0 Å². The van der Waals surface area contributed by atoms with Crippen molar-refractivity contribution in [2.24, 2.45) is 0 Å². The number of imidazole rings is 1. The minimum absolute atomic E-state index is 0.121. The maximum Gasteiger partial charge on any atom is 0.166 e. The van der Waals surface area contributed by atoms with Gasteiger partial charge in [0, 0.05) is 6.54 Å². The zero-order valence-corrected chi connectivity index (χ0v) is 16.8. The Hall–Kier alpha value is -2.90. The molecule has 148 valence electrons. The lowest BCUT2D eigenvalue weighted by Gasteiger charge is -2.24. The van der Waals surface area contributed by atoms with Gasteiger partial charge in [-0.3, -0.25) is 4.40 Å². The Labute approximate surface area is 173 Å². The van der Waals surface area contributed by atoms with Crippen LogP contribution in [-0.2, 0) is 0 Å². The number of aliphatic hydroxyl groups is 1. The van der Waals surface area contributed by atoms with Gasteiger partial charge in [-0.15, -0.1) is 0 Å².